The number of nitrogens with zero attached hydrogens (tertiary/aromatic N) is 3. The van der Waals surface area contributed by atoms with Gasteiger partial charge in [0.15, 0.2) is 5.17 Å². The Morgan fingerprint density at radius 1 is 1.56 bits per heavy atom. The van der Waals surface area contributed by atoms with Crippen LogP contribution in [0.2, 0.25) is 5.02 Å². The van der Waals surface area contributed by atoms with Crippen molar-refractivity contribution in [3.05, 3.63) is 45.5 Å². The Morgan fingerprint density at radius 2 is 2.33 bits per heavy atom. The first-order valence-corrected chi connectivity index (χ1v) is 6.30. The van der Waals surface area contributed by atoms with Crippen molar-refractivity contribution in [2.24, 2.45) is 16.7 Å². The third-order valence-corrected chi connectivity index (χ3v) is 3.24. The Labute approximate surface area is 112 Å². The average molecular weight is 284 g/mol. The molecule has 0 fully saturated rings. The fraction of sp³-hybridized carbons (Fsp3) is 0.100. The fourth-order valence-corrected chi connectivity index (χ4v) is 2.06. The molecule has 0 atom stereocenters. The van der Waals surface area contributed by atoms with Gasteiger partial charge in [-0.05, 0) is 12.1 Å². The van der Waals surface area contributed by atoms with Crippen LogP contribution in [0, 0.1) is 0 Å². The third-order valence-electron chi connectivity index (χ3n) is 2.17. The van der Waals surface area contributed by atoms with Gasteiger partial charge in [0, 0.05) is 18.0 Å². The van der Waals surface area contributed by atoms with E-state index in [0.717, 1.165) is 0 Å². The molecule has 0 saturated carbocycles. The second-order valence-electron chi connectivity index (χ2n) is 3.42. The Bertz CT molecular complexity index is 669. The molecule has 2 aromatic rings. The number of fused-ring (bicyclic) bond motifs is 1. The third kappa shape index (κ3) is 2.74. The summed E-state index contributed by atoms with van der Waals surface area (Å²) in [7, 11) is 0. The molecule has 0 amide bonds. The lowest BCUT2D eigenvalue weighted by Gasteiger charge is -2.03. The molecule has 18 heavy (non-hydrogen) atoms. The average Bonchev–Trinajstić information content (AvgIpc) is 2.37. The molecule has 0 radical (unpaired) electrons. The Morgan fingerprint density at radius 3 is 3.06 bits per heavy atom. The molecule has 0 aliphatic carbocycles. The minimum absolute atomic E-state index is 0.193. The maximum absolute atomic E-state index is 11.8. The van der Waals surface area contributed by atoms with E-state index in [1.54, 1.807) is 12.1 Å². The van der Waals surface area contributed by atoms with Crippen molar-refractivity contribution in [1.82, 2.24) is 9.38 Å². The highest BCUT2D eigenvalue weighted by atomic mass is 35.5. The monoisotopic (exact) mass is 283 g/mol. The summed E-state index contributed by atoms with van der Waals surface area (Å²) in [6.45, 7) is 0. The molecule has 2 rings (SSSR count). The number of thioether (sulfide) groups is 1. The lowest BCUT2D eigenvalue weighted by molar-refractivity contribution is 1.01. The second kappa shape index (κ2) is 5.28. The molecule has 0 unspecified atom stereocenters. The maximum Gasteiger partial charge on any atom is 0.258 e. The summed E-state index contributed by atoms with van der Waals surface area (Å²) in [5, 5.41) is 4.05. The zero-order valence-electron chi connectivity index (χ0n) is 9.21. The van der Waals surface area contributed by atoms with Crippen LogP contribution in [0.3, 0.4) is 0 Å². The van der Waals surface area contributed by atoms with E-state index in [2.05, 4.69) is 10.1 Å². The van der Waals surface area contributed by atoms with Crippen LogP contribution in [0.4, 0.5) is 0 Å². The highest BCUT2D eigenvalue weighted by Crippen LogP contribution is 2.11. The predicted molar refractivity (Wildman–Crippen MR) is 73.6 cm³/mol. The van der Waals surface area contributed by atoms with Crippen LogP contribution in [0.15, 0.2) is 34.3 Å². The quantitative estimate of drug-likeness (QED) is 0.367. The van der Waals surface area contributed by atoms with Gasteiger partial charge in [-0.15, -0.1) is 0 Å². The molecule has 0 spiro atoms. The van der Waals surface area contributed by atoms with Crippen LogP contribution in [-0.2, 0) is 5.75 Å². The van der Waals surface area contributed by atoms with Crippen molar-refractivity contribution in [3.63, 3.8) is 0 Å². The van der Waals surface area contributed by atoms with E-state index in [1.807, 2.05) is 0 Å². The summed E-state index contributed by atoms with van der Waals surface area (Å²) >= 11 is 7.03. The van der Waals surface area contributed by atoms with Crippen LogP contribution in [-0.4, -0.2) is 14.6 Å². The van der Waals surface area contributed by atoms with Crippen molar-refractivity contribution >= 4 is 34.2 Å². The lowest BCUT2D eigenvalue weighted by Crippen LogP contribution is -2.16. The molecule has 0 bridgehead atoms. The first-order chi connectivity index (χ1) is 8.60. The molecule has 4 N–H and O–H groups in total. The Hall–Kier alpha value is -1.73. The van der Waals surface area contributed by atoms with Crippen molar-refractivity contribution in [1.29, 1.82) is 0 Å². The van der Waals surface area contributed by atoms with Crippen molar-refractivity contribution < 1.29 is 0 Å². The fourth-order valence-electron chi connectivity index (χ4n) is 1.39. The normalized spacial score (nSPS) is 11.9. The van der Waals surface area contributed by atoms with Gasteiger partial charge in [-0.2, -0.15) is 5.10 Å². The minimum Gasteiger partial charge on any atom is -0.377 e. The number of hydrazone groups is 1. The van der Waals surface area contributed by atoms with Crippen molar-refractivity contribution in [3.8, 4) is 0 Å². The Kier molecular flexibility index (Phi) is 3.73. The molecule has 6 nitrogen and oxygen atoms in total. The van der Waals surface area contributed by atoms with E-state index < -0.39 is 0 Å². The molecule has 0 aliphatic rings. The smallest absolute Gasteiger partial charge is 0.258 e. The molecule has 2 aromatic heterocycles. The summed E-state index contributed by atoms with van der Waals surface area (Å²) in [5.74, 6) is 5.45. The number of aromatic nitrogens is 2. The number of nitrogens with two attached hydrogens (primary N) is 2. The van der Waals surface area contributed by atoms with E-state index in [1.165, 1.54) is 28.4 Å². The number of hydrogen-bond donors (Lipinski definition) is 2. The molecule has 0 aliphatic heterocycles. The minimum atomic E-state index is -0.193. The summed E-state index contributed by atoms with van der Waals surface area (Å²) in [4.78, 5) is 16.2. The van der Waals surface area contributed by atoms with Crippen LogP contribution >= 0.6 is 23.4 Å². The van der Waals surface area contributed by atoms with Gasteiger partial charge in [0.25, 0.3) is 5.56 Å². The topological polar surface area (TPSA) is 98.8 Å². The van der Waals surface area contributed by atoms with Crippen LogP contribution < -0.4 is 17.1 Å². The Balaban J connectivity index is 2.37. The molecule has 0 saturated heterocycles. The van der Waals surface area contributed by atoms with E-state index >= 15 is 0 Å². The van der Waals surface area contributed by atoms with Crippen LogP contribution in [0.25, 0.3) is 5.65 Å². The van der Waals surface area contributed by atoms with Gasteiger partial charge >= 0.3 is 0 Å². The summed E-state index contributed by atoms with van der Waals surface area (Å²) in [6, 6.07) is 4.79. The van der Waals surface area contributed by atoms with Crippen molar-refractivity contribution in [2.45, 2.75) is 5.75 Å². The van der Waals surface area contributed by atoms with Gasteiger partial charge in [-0.1, -0.05) is 23.4 Å². The molecular weight excluding hydrogens is 274 g/mol. The van der Waals surface area contributed by atoms with Gasteiger partial charge in [-0.3, -0.25) is 9.20 Å². The lowest BCUT2D eigenvalue weighted by atomic mass is 10.4. The van der Waals surface area contributed by atoms with Gasteiger partial charge in [0.05, 0.1) is 10.7 Å². The summed E-state index contributed by atoms with van der Waals surface area (Å²) < 4.78 is 1.39. The standard InChI is InChI=1S/C10H10ClN5OS/c11-6-1-2-8-14-7(5-18-10(12)15-13)3-9(17)16(8)4-6/h1-4H,5,13H2,(H2,12,15). The van der Waals surface area contributed by atoms with E-state index in [-0.39, 0.29) is 10.7 Å². The predicted octanol–water partition coefficient (Wildman–Crippen LogP) is 0.770. The van der Waals surface area contributed by atoms with E-state index in [9.17, 15) is 4.79 Å². The van der Waals surface area contributed by atoms with Gasteiger partial charge in [-0.25, -0.2) is 4.98 Å². The molecule has 8 heteroatoms. The number of amidine groups is 1. The van der Waals surface area contributed by atoms with Gasteiger partial charge < -0.3 is 11.6 Å². The second-order valence-corrected chi connectivity index (χ2v) is 4.85. The highest BCUT2D eigenvalue weighted by Gasteiger charge is 2.04. The van der Waals surface area contributed by atoms with E-state index in [0.29, 0.717) is 22.1 Å². The van der Waals surface area contributed by atoms with Crippen LogP contribution in [0.5, 0.6) is 0 Å². The SMILES string of the molecule is NN=C(N)SCc1cc(=O)n2cc(Cl)ccc2n1. The zero-order chi connectivity index (χ0) is 13.1. The number of rotatable bonds is 2. The first-order valence-electron chi connectivity index (χ1n) is 4.94. The number of halogens is 1. The number of hydrogen-bond acceptors (Lipinski definition) is 5. The molecule has 94 valence electrons. The van der Waals surface area contributed by atoms with Gasteiger partial charge in [0.2, 0.25) is 0 Å². The highest BCUT2D eigenvalue weighted by molar-refractivity contribution is 8.13. The van der Waals surface area contributed by atoms with Crippen LogP contribution in [0.1, 0.15) is 5.69 Å². The zero-order valence-corrected chi connectivity index (χ0v) is 10.8. The van der Waals surface area contributed by atoms with Gasteiger partial charge in [0.1, 0.15) is 5.65 Å². The molecule has 2 heterocycles. The number of pyridine rings is 1. The first kappa shape index (κ1) is 12.7. The van der Waals surface area contributed by atoms with E-state index in [4.69, 9.17) is 23.2 Å². The maximum atomic E-state index is 11.8. The molecule has 0 aromatic carbocycles. The summed E-state index contributed by atoms with van der Waals surface area (Å²) in [6.07, 6.45) is 1.53. The largest absolute Gasteiger partial charge is 0.377 e. The van der Waals surface area contributed by atoms with Crippen molar-refractivity contribution in [2.75, 3.05) is 0 Å². The molecular formula is C10H10ClN5OS. The summed E-state index contributed by atoms with van der Waals surface area (Å²) in [5.41, 5.74) is 6.40.